The Bertz CT molecular complexity index is 1510. The van der Waals surface area contributed by atoms with Crippen molar-refractivity contribution in [2.45, 2.75) is 7.43 Å². The number of hydrogen-bond donors (Lipinski definition) is 2. The number of nitrogens with one attached hydrogen (secondary N) is 1. The fourth-order valence-electron chi connectivity index (χ4n) is 2.25. The topological polar surface area (TPSA) is 146 Å². The average molecular weight is 684 g/mol. The quantitative estimate of drug-likeness (QED) is 0.223. The molecular weight excluding hydrogens is 669 g/mol. The first-order valence-corrected chi connectivity index (χ1v) is 12.9. The number of nitrogen functional groups attached to an aromatic ring is 1. The van der Waals surface area contributed by atoms with E-state index in [1.54, 1.807) is 48.5 Å². The molecule has 0 aliphatic carbocycles. The molecule has 16 heteroatoms. The fraction of sp³-hybridized carbons (Fsp3) is 0.0435. The first-order chi connectivity index (χ1) is 17.6. The van der Waals surface area contributed by atoms with E-state index in [0.29, 0.717) is 22.5 Å². The van der Waals surface area contributed by atoms with Crippen molar-refractivity contribution in [3.63, 3.8) is 0 Å². The highest BCUT2D eigenvalue weighted by Crippen LogP contribution is 2.30. The van der Waals surface area contributed by atoms with Crippen molar-refractivity contribution in [2.75, 3.05) is 11.1 Å². The molecule has 8 nitrogen and oxygen atoms in total. The number of nitrogens with two attached hydrogens (primary N) is 1. The minimum Gasteiger partial charge on any atom is -1.00 e. The molecule has 0 aliphatic heterocycles. The predicted octanol–water partition coefficient (Wildman–Crippen LogP) is 5.18. The second-order valence-electron chi connectivity index (χ2n) is 6.32. The van der Waals surface area contributed by atoms with E-state index in [0.717, 1.165) is 23.1 Å². The number of para-hydroxylation sites is 2. The number of rotatable bonds is 3. The molecule has 2 heterocycles. The summed E-state index contributed by atoms with van der Waals surface area (Å²) in [6, 6.07) is 17.6. The standard InChI is InChI=1S/C11H5Cl2N3OS.C7H6N2.C4Cl3NOS.CH4.ClH/c12-8-9(18-16-10(8)13)11(17)15-7-4-2-1-3-6(7)5-14;8-5-6-3-1-2-4-7(6)9;5-1-2(4(7)9)10-8-3(1)6;;/h1-4H,(H,15,17);1-4H,9H2;;1H4;1H/p-1. The van der Waals surface area contributed by atoms with Crippen LogP contribution in [-0.2, 0) is 0 Å². The van der Waals surface area contributed by atoms with Gasteiger partial charge < -0.3 is 23.5 Å². The third kappa shape index (κ3) is 10.5. The summed E-state index contributed by atoms with van der Waals surface area (Å²) >= 11 is 29.4. The van der Waals surface area contributed by atoms with Crippen molar-refractivity contribution >= 4 is 104 Å². The zero-order valence-corrected chi connectivity index (χ0v) is 24.6. The Kier molecular flexibility index (Phi) is 16.6. The van der Waals surface area contributed by atoms with E-state index < -0.39 is 11.1 Å². The van der Waals surface area contributed by atoms with E-state index >= 15 is 0 Å². The molecule has 0 aliphatic rings. The van der Waals surface area contributed by atoms with Crippen molar-refractivity contribution in [1.82, 2.24) is 8.75 Å². The number of carbonyl (C=O) groups excluding carboxylic acids is 2. The van der Waals surface area contributed by atoms with Crippen LogP contribution in [0.3, 0.4) is 0 Å². The largest absolute Gasteiger partial charge is 1.00 e. The molecule has 0 unspecified atom stereocenters. The number of aromatic nitrogens is 2. The van der Waals surface area contributed by atoms with Crippen LogP contribution in [0.5, 0.6) is 0 Å². The van der Waals surface area contributed by atoms with Crippen LogP contribution in [0.2, 0.25) is 20.4 Å². The number of amides is 1. The van der Waals surface area contributed by atoms with Gasteiger partial charge >= 0.3 is 0 Å². The molecule has 3 N–H and O–H groups in total. The summed E-state index contributed by atoms with van der Waals surface area (Å²) in [6.45, 7) is 0. The lowest BCUT2D eigenvalue weighted by atomic mass is 10.2. The highest BCUT2D eigenvalue weighted by molar-refractivity contribution is 7.11. The second kappa shape index (κ2) is 17.9. The van der Waals surface area contributed by atoms with Crippen LogP contribution in [0.15, 0.2) is 48.5 Å². The lowest BCUT2D eigenvalue weighted by Crippen LogP contribution is -3.00. The van der Waals surface area contributed by atoms with Gasteiger partial charge in [-0.1, -0.05) is 78.1 Å². The lowest BCUT2D eigenvalue weighted by molar-refractivity contribution is -0.0000224. The molecule has 1 amide bonds. The van der Waals surface area contributed by atoms with Gasteiger partial charge in [-0.25, -0.2) is 0 Å². The van der Waals surface area contributed by atoms with Gasteiger partial charge in [-0.3, -0.25) is 9.59 Å². The highest BCUT2D eigenvalue weighted by atomic mass is 35.5. The van der Waals surface area contributed by atoms with Gasteiger partial charge in [0.1, 0.15) is 31.9 Å². The van der Waals surface area contributed by atoms with Gasteiger partial charge in [-0.15, -0.1) is 0 Å². The summed E-state index contributed by atoms with van der Waals surface area (Å²) in [7, 11) is 0. The van der Waals surface area contributed by atoms with Crippen molar-refractivity contribution in [3.8, 4) is 12.1 Å². The van der Waals surface area contributed by atoms with Crippen LogP contribution in [0.25, 0.3) is 0 Å². The van der Waals surface area contributed by atoms with E-state index in [1.807, 2.05) is 12.1 Å². The molecule has 4 aromatic rings. The molecule has 0 radical (unpaired) electrons. The van der Waals surface area contributed by atoms with E-state index in [-0.39, 0.29) is 49.9 Å². The molecule has 0 saturated carbocycles. The third-order valence-electron chi connectivity index (χ3n) is 3.96. The minimum absolute atomic E-state index is 0. The van der Waals surface area contributed by atoms with E-state index in [1.165, 1.54) is 0 Å². The van der Waals surface area contributed by atoms with Crippen molar-refractivity contribution in [1.29, 1.82) is 10.5 Å². The molecule has 39 heavy (non-hydrogen) atoms. The molecule has 2 aromatic heterocycles. The number of nitrogens with zero attached hydrogens (tertiary/aromatic N) is 4. The van der Waals surface area contributed by atoms with Crippen molar-refractivity contribution in [2.24, 2.45) is 0 Å². The number of halogens is 6. The molecule has 0 saturated heterocycles. The van der Waals surface area contributed by atoms with Crippen LogP contribution in [-0.4, -0.2) is 19.9 Å². The van der Waals surface area contributed by atoms with Gasteiger partial charge in [0.25, 0.3) is 11.1 Å². The van der Waals surface area contributed by atoms with Crippen molar-refractivity contribution < 1.29 is 22.0 Å². The Balaban J connectivity index is 0.000000589. The fourth-order valence-corrected chi connectivity index (χ4v) is 4.65. The molecule has 4 rings (SSSR count). The van der Waals surface area contributed by atoms with Gasteiger partial charge in [-0.2, -0.15) is 19.3 Å². The predicted molar refractivity (Wildman–Crippen MR) is 156 cm³/mol. The zero-order chi connectivity index (χ0) is 27.5. The summed E-state index contributed by atoms with van der Waals surface area (Å²) in [6.07, 6.45) is 0. The second-order valence-corrected chi connectivity index (χ2v) is 9.68. The van der Waals surface area contributed by atoms with Gasteiger partial charge in [0, 0.05) is 5.69 Å². The Morgan fingerprint density at radius 2 is 1.28 bits per heavy atom. The summed E-state index contributed by atoms with van der Waals surface area (Å²) in [5.74, 6) is -0.438. The summed E-state index contributed by atoms with van der Waals surface area (Å²) in [5.41, 5.74) is 7.28. The van der Waals surface area contributed by atoms with E-state index in [9.17, 15) is 9.59 Å². The normalized spacial score (nSPS) is 9.00. The zero-order valence-electron chi connectivity index (χ0n) is 18.4. The third-order valence-corrected chi connectivity index (χ3v) is 7.85. The van der Waals surface area contributed by atoms with Crippen LogP contribution in [0, 0.1) is 22.7 Å². The first-order valence-electron chi connectivity index (χ1n) is 9.46. The Morgan fingerprint density at radius 3 is 1.67 bits per heavy atom. The van der Waals surface area contributed by atoms with Gasteiger partial charge in [0.15, 0.2) is 10.3 Å². The smallest absolute Gasteiger partial charge is 0.269 e. The molecule has 0 fully saturated rings. The molecule has 0 bridgehead atoms. The van der Waals surface area contributed by atoms with Crippen LogP contribution in [0.4, 0.5) is 11.4 Å². The maximum Gasteiger partial charge on any atom is 0.269 e. The number of benzene rings is 2. The number of anilines is 2. The number of hydrogen-bond acceptors (Lipinski definition) is 9. The maximum atomic E-state index is 11.9. The molecule has 0 atom stereocenters. The Hall–Kier alpha value is -2.64. The minimum atomic E-state index is -0.630. The van der Waals surface area contributed by atoms with E-state index in [4.69, 9.17) is 74.3 Å². The van der Waals surface area contributed by atoms with Crippen molar-refractivity contribution in [3.05, 3.63) is 89.8 Å². The van der Waals surface area contributed by atoms with Gasteiger partial charge in [-0.05, 0) is 58.9 Å². The van der Waals surface area contributed by atoms with Crippen LogP contribution >= 0.6 is 81.1 Å². The Morgan fingerprint density at radius 1 is 0.821 bits per heavy atom. The number of nitriles is 2. The highest BCUT2D eigenvalue weighted by Gasteiger charge is 2.18. The van der Waals surface area contributed by atoms with Gasteiger partial charge in [0.2, 0.25) is 0 Å². The molecule has 2 aromatic carbocycles. The first kappa shape index (κ1) is 36.4. The maximum absolute atomic E-state index is 11.9. The number of carbonyl (C=O) groups is 2. The average Bonchev–Trinajstić information content (AvgIpc) is 3.41. The monoisotopic (exact) mass is 681 g/mol. The Labute approximate surface area is 263 Å². The van der Waals surface area contributed by atoms with Gasteiger partial charge in [0.05, 0.1) is 16.8 Å². The summed E-state index contributed by atoms with van der Waals surface area (Å²) in [5, 5.41) is 19.7. The molecule has 204 valence electrons. The van der Waals surface area contributed by atoms with Crippen LogP contribution < -0.4 is 23.5 Å². The van der Waals surface area contributed by atoms with E-state index in [2.05, 4.69) is 14.1 Å². The molecular formula is C23H15Cl6N6O2S2-. The summed E-state index contributed by atoms with van der Waals surface area (Å²) in [4.78, 5) is 22.8. The van der Waals surface area contributed by atoms with Crippen LogP contribution in [0.1, 0.15) is 37.9 Å². The summed E-state index contributed by atoms with van der Waals surface area (Å²) < 4.78 is 7.38. The lowest BCUT2D eigenvalue weighted by Gasteiger charge is -2.04. The SMILES string of the molecule is C.N#Cc1ccccc1N.N#Cc1ccccc1NC(=O)c1snc(Cl)c1Cl.O=C(Cl)c1snc(Cl)c1Cl.[Cl-]. The molecule has 0 spiro atoms.